The Bertz CT molecular complexity index is 2150. The van der Waals surface area contributed by atoms with Crippen molar-refractivity contribution in [2.45, 2.75) is 189 Å². The number of fused-ring (bicyclic) bond motifs is 1. The zero-order chi connectivity index (χ0) is 53.7. The van der Waals surface area contributed by atoms with E-state index in [1.807, 2.05) is 12.1 Å². The van der Waals surface area contributed by atoms with Gasteiger partial charge in [0.1, 0.15) is 0 Å². The Balaban J connectivity index is 0.000000849. The second-order valence-electron chi connectivity index (χ2n) is 26.5. The molecule has 0 amide bonds. The van der Waals surface area contributed by atoms with Crippen LogP contribution in [0.4, 0.5) is 0 Å². The van der Waals surface area contributed by atoms with Crippen LogP contribution in [-0.4, -0.2) is 0 Å². The van der Waals surface area contributed by atoms with E-state index in [1.54, 1.807) is 0 Å². The Kier molecular flexibility index (Phi) is 29.9. The van der Waals surface area contributed by atoms with Crippen LogP contribution in [0.2, 0.25) is 0 Å². The lowest BCUT2D eigenvalue weighted by Crippen LogP contribution is -2.13. The monoisotopic (exact) mass is 945 g/mol. The third-order valence-corrected chi connectivity index (χ3v) is 10.5. The minimum absolute atomic E-state index is 0.314. The minimum atomic E-state index is 0.314. The van der Waals surface area contributed by atoms with Crippen LogP contribution in [0.5, 0.6) is 0 Å². The predicted molar refractivity (Wildman–Crippen MR) is 321 cm³/mol. The van der Waals surface area contributed by atoms with E-state index in [9.17, 15) is 0 Å². The lowest BCUT2D eigenvalue weighted by molar-refractivity contribution is 0.357. The highest BCUT2D eigenvalue weighted by Crippen LogP contribution is 2.36. The maximum atomic E-state index is 5.06. The molecule has 5 aromatic carbocycles. The number of rotatable bonds is 9. The van der Waals surface area contributed by atoms with Crippen LogP contribution >= 0.6 is 0 Å². The first kappa shape index (κ1) is 65.1. The van der Waals surface area contributed by atoms with E-state index in [-0.39, 0.29) is 0 Å². The summed E-state index contributed by atoms with van der Waals surface area (Å²) < 4.78 is 0. The minimum Gasteiger partial charge on any atom is -0.120 e. The van der Waals surface area contributed by atoms with E-state index >= 15 is 0 Å². The van der Waals surface area contributed by atoms with Gasteiger partial charge in [-0.15, -0.1) is 18.9 Å². The van der Waals surface area contributed by atoms with Crippen molar-refractivity contribution in [3.63, 3.8) is 0 Å². The lowest BCUT2D eigenvalue weighted by Gasteiger charge is -2.27. The molecule has 0 spiro atoms. The molecule has 0 aliphatic heterocycles. The molecule has 0 aliphatic rings. The largest absolute Gasteiger partial charge is 0.120 e. The zero-order valence-electron chi connectivity index (χ0n) is 48.8. The first-order valence-corrected chi connectivity index (χ1v) is 26.2. The number of allylic oxidation sites excluding steroid dienone is 4. The van der Waals surface area contributed by atoms with Gasteiger partial charge in [-0.05, 0) is 118 Å². The van der Waals surface area contributed by atoms with Gasteiger partial charge in [-0.2, -0.15) is 0 Å². The number of aryl methyl sites for hydroxylation is 1. The summed E-state index contributed by atoms with van der Waals surface area (Å²) in [6, 6.07) is 47.5. The molecule has 0 saturated carbocycles. The second-order valence-corrected chi connectivity index (χ2v) is 26.5. The van der Waals surface area contributed by atoms with Gasteiger partial charge in [-0.3, -0.25) is 0 Å². The van der Waals surface area contributed by atoms with Crippen molar-refractivity contribution < 1.29 is 0 Å². The molecule has 5 rings (SSSR count). The maximum absolute atomic E-state index is 5.06. The van der Waals surface area contributed by atoms with Crippen molar-refractivity contribution in [1.82, 2.24) is 0 Å². The first-order valence-electron chi connectivity index (χ1n) is 26.2. The van der Waals surface area contributed by atoms with Crippen LogP contribution in [0.25, 0.3) is 16.8 Å². The lowest BCUT2D eigenvalue weighted by atomic mass is 9.78. The molecule has 0 unspecified atom stereocenters. The van der Waals surface area contributed by atoms with Crippen molar-refractivity contribution in [1.29, 1.82) is 0 Å². The van der Waals surface area contributed by atoms with Gasteiger partial charge in [-0.1, -0.05) is 288 Å². The fraction of sp³-hybridized carbons (Fsp3) is 0.486. The normalized spacial score (nSPS) is 11.7. The third kappa shape index (κ3) is 38.9. The highest BCUT2D eigenvalue weighted by molar-refractivity contribution is 5.83. The average molecular weight is 946 g/mol. The molecule has 0 heteroatoms. The van der Waals surface area contributed by atoms with Crippen LogP contribution in [0.15, 0.2) is 164 Å². The molecule has 0 aromatic heterocycles. The Hall–Kier alpha value is -4.86. The molecule has 0 saturated heterocycles. The van der Waals surface area contributed by atoms with Gasteiger partial charge in [-0.25, -0.2) is 0 Å². The Labute approximate surface area is 435 Å². The first-order chi connectivity index (χ1) is 32.2. The van der Waals surface area contributed by atoms with Gasteiger partial charge in [0, 0.05) is 12.3 Å². The van der Waals surface area contributed by atoms with Crippen molar-refractivity contribution >= 4 is 16.8 Å². The van der Waals surface area contributed by atoms with Crippen LogP contribution in [0.3, 0.4) is 0 Å². The summed E-state index contributed by atoms with van der Waals surface area (Å²) in [7, 11) is 0. The Morgan fingerprint density at radius 1 is 0.500 bits per heavy atom. The van der Waals surface area contributed by atoms with Gasteiger partial charge in [0.2, 0.25) is 0 Å². The highest BCUT2D eigenvalue weighted by atomic mass is 14.3. The Morgan fingerprint density at radius 2 is 0.943 bits per heavy atom. The summed E-state index contributed by atoms with van der Waals surface area (Å²) >= 11 is 0. The fourth-order valence-corrected chi connectivity index (χ4v) is 6.69. The van der Waals surface area contributed by atoms with E-state index in [1.165, 1.54) is 64.3 Å². The van der Waals surface area contributed by atoms with Crippen molar-refractivity contribution in [2.24, 2.45) is 32.5 Å². The molecule has 0 nitrogen and oxygen atoms in total. The second kappa shape index (κ2) is 32.2. The highest BCUT2D eigenvalue weighted by Gasteiger charge is 2.21. The molecule has 0 heterocycles. The molecule has 384 valence electrons. The van der Waals surface area contributed by atoms with Crippen LogP contribution in [0.1, 0.15) is 205 Å². The summed E-state index contributed by atoms with van der Waals surface area (Å²) in [6.45, 7) is 48.3. The van der Waals surface area contributed by atoms with Crippen molar-refractivity contribution in [3.05, 3.63) is 186 Å². The van der Waals surface area contributed by atoms with E-state index < -0.39 is 0 Å². The van der Waals surface area contributed by atoms with Crippen LogP contribution < -0.4 is 0 Å². The molecule has 0 bridgehead atoms. The molecule has 0 atom stereocenters. The summed E-state index contributed by atoms with van der Waals surface area (Å²) in [6.07, 6.45) is 21.6. The SMILES string of the molecule is C#CCC(C)(C)C.C=CCC(C)(C)C.CC(C)(C)C/C=C/c1ccccc1.CC(C)(C)CC(c1ccccc1)c1ccccc1.CC(C)(C)CCc1ccc2ccccc2c1.CC(C)=CCC(C)(C)C. The number of terminal acetylenes is 1. The quantitative estimate of drug-likeness (QED) is 0.102. The van der Waals surface area contributed by atoms with Crippen molar-refractivity contribution in [2.75, 3.05) is 0 Å². The van der Waals surface area contributed by atoms with Crippen molar-refractivity contribution in [3.8, 4) is 12.3 Å². The molecule has 5 aromatic rings. The smallest absolute Gasteiger partial charge is 0.0135 e. The zero-order valence-corrected chi connectivity index (χ0v) is 48.8. The third-order valence-electron chi connectivity index (χ3n) is 10.5. The number of hydrogen-bond donors (Lipinski definition) is 0. The molecule has 0 fully saturated rings. The van der Waals surface area contributed by atoms with Crippen LogP contribution in [-0.2, 0) is 6.42 Å². The topological polar surface area (TPSA) is 0 Å². The molecule has 70 heavy (non-hydrogen) atoms. The average Bonchev–Trinajstić information content (AvgIpc) is 3.24. The molecule has 0 aliphatic carbocycles. The molecule has 0 N–H and O–H groups in total. The molecular weight excluding hydrogens is 841 g/mol. The predicted octanol–water partition coefficient (Wildman–Crippen LogP) is 22.3. The molecule has 0 radical (unpaired) electrons. The van der Waals surface area contributed by atoms with Gasteiger partial charge in [0.15, 0.2) is 0 Å². The summed E-state index contributed by atoms with van der Waals surface area (Å²) in [5.41, 5.74) is 9.34. The van der Waals surface area contributed by atoms with E-state index in [0.717, 1.165) is 19.3 Å². The van der Waals surface area contributed by atoms with Gasteiger partial charge < -0.3 is 0 Å². The summed E-state index contributed by atoms with van der Waals surface area (Å²) in [4.78, 5) is 0. The standard InChI is InChI=1S/C18H22.C16H20.C13H18.C9H18.C7H14.C7H12/c1-18(2,3)14-17(15-10-6-4-7-11-15)16-12-8-5-9-13-16;1-16(2,3)11-10-13-8-9-14-6-4-5-7-15(14)12-13;1-13(2,3)11-7-10-12-8-5-4-6-9-12;1-8(2)6-7-9(3,4)5;2*1-5-6-7(2,3)4/h4-13,17H,14H2,1-3H3;4-9,12H,10-11H2,1-3H3;4-10H,11H2,1-3H3;6H,7H2,1-5H3;5H,1,6H2,2-4H3;1H,6H2,2-4H3/b;;10-7+;;;. The van der Waals surface area contributed by atoms with Crippen LogP contribution in [0, 0.1) is 44.8 Å². The summed E-state index contributed by atoms with van der Waals surface area (Å²) in [5.74, 6) is 3.10. The van der Waals surface area contributed by atoms with E-state index in [0.29, 0.717) is 38.4 Å². The number of benzene rings is 5. The van der Waals surface area contributed by atoms with Gasteiger partial charge >= 0.3 is 0 Å². The summed E-state index contributed by atoms with van der Waals surface area (Å²) in [5, 5.41) is 2.69. The van der Waals surface area contributed by atoms with Gasteiger partial charge in [0.05, 0.1) is 0 Å². The van der Waals surface area contributed by atoms with Gasteiger partial charge in [0.25, 0.3) is 0 Å². The fourth-order valence-electron chi connectivity index (χ4n) is 6.69. The maximum Gasteiger partial charge on any atom is 0.0135 e. The molecular formula is C70H104. The van der Waals surface area contributed by atoms with E-state index in [4.69, 9.17) is 6.42 Å². The Morgan fingerprint density at radius 3 is 1.29 bits per heavy atom. The number of hydrogen-bond acceptors (Lipinski definition) is 0. The van der Waals surface area contributed by atoms with E-state index in [2.05, 4.69) is 297 Å².